The Labute approximate surface area is 524 Å². The van der Waals surface area contributed by atoms with Gasteiger partial charge in [-0.1, -0.05) is 333 Å². The summed E-state index contributed by atoms with van der Waals surface area (Å²) in [6.07, 6.45) is 69.7. The highest BCUT2D eigenvalue weighted by Gasteiger charge is 2.44. The van der Waals surface area contributed by atoms with Crippen molar-refractivity contribution in [3.8, 4) is 0 Å². The highest BCUT2D eigenvalue weighted by atomic mass is 16.7. The van der Waals surface area contributed by atoms with E-state index in [-0.39, 0.29) is 12.8 Å². The molecule has 85 heavy (non-hydrogen) atoms. The lowest BCUT2D eigenvalue weighted by Gasteiger charge is -2.40. The molecule has 0 aromatic heterocycles. The number of aliphatic hydroxyl groups is 7. The van der Waals surface area contributed by atoms with Gasteiger partial charge in [-0.3, -0.25) is 4.79 Å². The molecule has 0 saturated carbocycles. The molecule has 0 bridgehead atoms. The average Bonchev–Trinajstić information content (AvgIpc) is 3.51. The Morgan fingerprint density at radius 2 is 0.706 bits per heavy atom. The van der Waals surface area contributed by atoms with Crippen LogP contribution in [0.5, 0.6) is 0 Å². The molecular weight excluding hydrogens is 1060 g/mol. The van der Waals surface area contributed by atoms with E-state index in [0.29, 0.717) is 19.3 Å². The zero-order valence-corrected chi connectivity index (χ0v) is 55.6. The topological polar surface area (TPSA) is 189 Å². The lowest BCUT2D eigenvalue weighted by molar-refractivity contribution is -0.303. The second kappa shape index (κ2) is 62.5. The molecule has 1 amide bonds. The summed E-state index contributed by atoms with van der Waals surface area (Å²) in [7, 11) is 0. The molecule has 0 aliphatic carbocycles. The summed E-state index contributed by atoms with van der Waals surface area (Å²) in [5, 5.41) is 76.5. The first kappa shape index (κ1) is 81.3. The fraction of sp³-hybridized carbons (Fsp3) is 0.905. The van der Waals surface area contributed by atoms with Crippen LogP contribution in [-0.2, 0) is 14.3 Å². The first-order valence-electron chi connectivity index (χ1n) is 36.9. The molecule has 9 unspecified atom stereocenters. The Kier molecular flexibility index (Phi) is 59.8. The predicted molar refractivity (Wildman–Crippen MR) is 358 cm³/mol. The number of carbonyl (C=O) groups is 1. The van der Waals surface area contributed by atoms with Crippen molar-refractivity contribution in [1.29, 1.82) is 0 Å². The molecule has 0 radical (unpaired) electrons. The SMILES string of the molecule is CCCCCCCCCCC/C=C/CC/C=C/CC/C=C/CCCC(O)C(O)C(COC1OC(CO)C(O)C(O)C1O)NC(=O)C(O)CCCCCCCCCCCCCCCCCCCCCCCCCCCCCCCCCCCCCC. The summed E-state index contributed by atoms with van der Waals surface area (Å²) < 4.78 is 11.2. The molecule has 1 fully saturated rings. The monoisotopic (exact) mass is 1200 g/mol. The first-order chi connectivity index (χ1) is 41.7. The molecule has 1 heterocycles. The Balaban J connectivity index is 2.16. The van der Waals surface area contributed by atoms with E-state index in [0.717, 1.165) is 44.9 Å². The predicted octanol–water partition coefficient (Wildman–Crippen LogP) is 18.1. The standard InChI is InChI=1S/C74H141NO10/c1-3-5-7-9-11-13-15-17-19-21-23-25-27-28-29-30-31-32-33-34-35-36-37-38-39-40-42-44-46-48-50-52-54-56-58-60-62-67(78)73(83)75-65(64-84-74-72(82)71(81)70(80)68(63-76)85-74)69(79)66(77)61-59-57-55-53-51-49-47-45-43-41-26-24-22-20-18-16-14-12-10-8-6-4-2/h24,26,45,47,53,55,65-72,74,76-82H,3-23,25,27-44,46,48-52,54,56-64H2,1-2H3,(H,75,83)/b26-24+,47-45+,55-53+. The molecule has 0 aromatic carbocycles. The van der Waals surface area contributed by atoms with Crippen LogP contribution in [-0.4, -0.2) is 110 Å². The van der Waals surface area contributed by atoms with Crippen molar-refractivity contribution < 1.29 is 50.0 Å². The zero-order chi connectivity index (χ0) is 61.7. The lowest BCUT2D eigenvalue weighted by atomic mass is 9.98. The van der Waals surface area contributed by atoms with Gasteiger partial charge in [-0.2, -0.15) is 0 Å². The van der Waals surface area contributed by atoms with E-state index < -0.39 is 74.2 Å². The quantitative estimate of drug-likeness (QED) is 0.0215. The lowest BCUT2D eigenvalue weighted by Crippen LogP contribution is -2.60. The molecule has 1 rings (SSSR count). The van der Waals surface area contributed by atoms with E-state index in [2.05, 4.69) is 55.6 Å². The average molecular weight is 1200 g/mol. The van der Waals surface area contributed by atoms with Crippen LogP contribution in [0.15, 0.2) is 36.5 Å². The second-order valence-corrected chi connectivity index (χ2v) is 26.0. The van der Waals surface area contributed by atoms with Crippen molar-refractivity contribution in [1.82, 2.24) is 5.32 Å². The third kappa shape index (κ3) is 49.8. The van der Waals surface area contributed by atoms with E-state index in [4.69, 9.17) is 9.47 Å². The van der Waals surface area contributed by atoms with E-state index in [1.54, 1.807) is 0 Å². The maximum Gasteiger partial charge on any atom is 0.249 e. The molecule has 0 aromatic rings. The number of hydrogen-bond acceptors (Lipinski definition) is 10. The molecule has 11 nitrogen and oxygen atoms in total. The minimum atomic E-state index is -1.67. The number of amides is 1. The van der Waals surface area contributed by atoms with Gasteiger partial charge in [0.25, 0.3) is 0 Å². The maximum atomic E-state index is 13.3. The smallest absolute Gasteiger partial charge is 0.249 e. The molecule has 502 valence electrons. The number of allylic oxidation sites excluding steroid dienone is 6. The molecule has 9 atom stereocenters. The largest absolute Gasteiger partial charge is 0.394 e. The second-order valence-electron chi connectivity index (χ2n) is 26.0. The first-order valence-corrected chi connectivity index (χ1v) is 36.9. The van der Waals surface area contributed by atoms with Crippen molar-refractivity contribution in [2.75, 3.05) is 13.2 Å². The van der Waals surface area contributed by atoms with E-state index >= 15 is 0 Å². The van der Waals surface area contributed by atoms with Crippen LogP contribution in [0.2, 0.25) is 0 Å². The summed E-state index contributed by atoms with van der Waals surface area (Å²) in [5.41, 5.74) is 0. The van der Waals surface area contributed by atoms with Crippen LogP contribution in [0.1, 0.15) is 361 Å². The Hall–Kier alpha value is -1.67. The van der Waals surface area contributed by atoms with Crippen molar-refractivity contribution in [2.24, 2.45) is 0 Å². The zero-order valence-electron chi connectivity index (χ0n) is 55.6. The fourth-order valence-corrected chi connectivity index (χ4v) is 12.0. The summed E-state index contributed by atoms with van der Waals surface area (Å²) in [6, 6.07) is -1.19. The Morgan fingerprint density at radius 1 is 0.400 bits per heavy atom. The highest BCUT2D eigenvalue weighted by molar-refractivity contribution is 5.80. The molecule has 1 aliphatic heterocycles. The van der Waals surface area contributed by atoms with Gasteiger partial charge in [0.1, 0.15) is 36.6 Å². The minimum absolute atomic E-state index is 0.243. The Bertz CT molecular complexity index is 1480. The van der Waals surface area contributed by atoms with Gasteiger partial charge >= 0.3 is 0 Å². The summed E-state index contributed by atoms with van der Waals surface area (Å²) in [4.78, 5) is 13.3. The number of aliphatic hydroxyl groups excluding tert-OH is 7. The number of rotatable bonds is 65. The van der Waals surface area contributed by atoms with Crippen LogP contribution >= 0.6 is 0 Å². The molecule has 8 N–H and O–H groups in total. The summed E-state index contributed by atoms with van der Waals surface area (Å²) in [6.45, 7) is 3.48. The van der Waals surface area contributed by atoms with Gasteiger partial charge in [-0.15, -0.1) is 0 Å². The number of unbranched alkanes of at least 4 members (excludes halogenated alkanes) is 47. The number of ether oxygens (including phenoxy) is 2. The van der Waals surface area contributed by atoms with Gasteiger partial charge < -0.3 is 50.5 Å². The third-order valence-corrected chi connectivity index (χ3v) is 17.9. The molecule has 1 saturated heterocycles. The van der Waals surface area contributed by atoms with E-state index in [1.165, 1.54) is 270 Å². The van der Waals surface area contributed by atoms with Crippen LogP contribution < -0.4 is 5.32 Å². The van der Waals surface area contributed by atoms with Gasteiger partial charge in [-0.05, 0) is 64.2 Å². The van der Waals surface area contributed by atoms with Gasteiger partial charge in [0.15, 0.2) is 6.29 Å². The molecule has 1 aliphatic rings. The van der Waals surface area contributed by atoms with Crippen molar-refractivity contribution >= 4 is 5.91 Å². The maximum absolute atomic E-state index is 13.3. The van der Waals surface area contributed by atoms with E-state index in [9.17, 15) is 40.5 Å². The number of nitrogens with one attached hydrogen (secondary N) is 1. The van der Waals surface area contributed by atoms with Crippen LogP contribution in [0.3, 0.4) is 0 Å². The third-order valence-electron chi connectivity index (χ3n) is 17.9. The fourth-order valence-electron chi connectivity index (χ4n) is 12.0. The van der Waals surface area contributed by atoms with Gasteiger partial charge in [-0.25, -0.2) is 0 Å². The molecule has 0 spiro atoms. The van der Waals surface area contributed by atoms with E-state index in [1.807, 2.05) is 0 Å². The van der Waals surface area contributed by atoms with Crippen LogP contribution in [0.4, 0.5) is 0 Å². The van der Waals surface area contributed by atoms with Crippen LogP contribution in [0, 0.1) is 0 Å². The van der Waals surface area contributed by atoms with Gasteiger partial charge in [0.05, 0.1) is 25.4 Å². The van der Waals surface area contributed by atoms with Gasteiger partial charge in [0, 0.05) is 0 Å². The minimum Gasteiger partial charge on any atom is -0.394 e. The number of hydrogen-bond donors (Lipinski definition) is 8. The van der Waals surface area contributed by atoms with Crippen molar-refractivity contribution in [3.63, 3.8) is 0 Å². The summed E-state index contributed by atoms with van der Waals surface area (Å²) in [5.74, 6) is -0.706. The van der Waals surface area contributed by atoms with Crippen molar-refractivity contribution in [3.05, 3.63) is 36.5 Å². The van der Waals surface area contributed by atoms with Crippen LogP contribution in [0.25, 0.3) is 0 Å². The normalized spacial score (nSPS) is 19.0. The highest BCUT2D eigenvalue weighted by Crippen LogP contribution is 2.24. The Morgan fingerprint density at radius 3 is 1.05 bits per heavy atom. The van der Waals surface area contributed by atoms with Crippen molar-refractivity contribution in [2.45, 2.75) is 416 Å². The molecule has 11 heteroatoms. The summed E-state index contributed by atoms with van der Waals surface area (Å²) >= 11 is 0. The molecular formula is C74H141NO10. The van der Waals surface area contributed by atoms with Gasteiger partial charge in [0.2, 0.25) is 5.91 Å². The number of carbonyl (C=O) groups excluding carboxylic acids is 1.